The quantitative estimate of drug-likeness (QED) is 0.620. The predicted molar refractivity (Wildman–Crippen MR) is 35.3 cm³/mol. The molecule has 0 atom stereocenters. The summed E-state index contributed by atoms with van der Waals surface area (Å²) in [5.41, 5.74) is 0. The second-order valence-electron chi connectivity index (χ2n) is 2.84. The summed E-state index contributed by atoms with van der Waals surface area (Å²) in [4.78, 5) is 3.96. The molecule has 2 rings (SSSR count). The van der Waals surface area contributed by atoms with E-state index < -0.39 is 0 Å². The van der Waals surface area contributed by atoms with Crippen molar-refractivity contribution >= 4 is 0 Å². The zero-order valence-corrected chi connectivity index (χ0v) is 5.79. The van der Waals surface area contributed by atoms with Crippen LogP contribution in [0.3, 0.4) is 0 Å². The SMILES string of the molecule is c1noc(CC2CCC2)n1. The molecule has 0 amide bonds. The van der Waals surface area contributed by atoms with Gasteiger partial charge in [0.05, 0.1) is 0 Å². The van der Waals surface area contributed by atoms with Gasteiger partial charge in [0.2, 0.25) is 5.89 Å². The summed E-state index contributed by atoms with van der Waals surface area (Å²) in [5, 5.41) is 3.55. The van der Waals surface area contributed by atoms with E-state index in [4.69, 9.17) is 4.52 Å². The summed E-state index contributed by atoms with van der Waals surface area (Å²) in [6, 6.07) is 0. The molecule has 0 aromatic carbocycles. The van der Waals surface area contributed by atoms with Gasteiger partial charge in [-0.3, -0.25) is 0 Å². The minimum Gasteiger partial charge on any atom is -0.340 e. The maximum absolute atomic E-state index is 4.88. The third kappa shape index (κ3) is 1.03. The highest BCUT2D eigenvalue weighted by molar-refractivity contribution is 4.82. The molecule has 0 bridgehead atoms. The van der Waals surface area contributed by atoms with Gasteiger partial charge < -0.3 is 4.52 Å². The van der Waals surface area contributed by atoms with Gasteiger partial charge in [-0.05, 0) is 18.8 Å². The lowest BCUT2D eigenvalue weighted by atomic mass is 9.83. The van der Waals surface area contributed by atoms with Crippen LogP contribution in [0.1, 0.15) is 25.2 Å². The molecule has 1 fully saturated rings. The van der Waals surface area contributed by atoms with Crippen LogP contribution in [0.25, 0.3) is 0 Å². The molecule has 54 valence electrons. The summed E-state index contributed by atoms with van der Waals surface area (Å²) < 4.78 is 4.88. The van der Waals surface area contributed by atoms with Gasteiger partial charge in [0.15, 0.2) is 6.33 Å². The molecule has 1 aliphatic carbocycles. The van der Waals surface area contributed by atoms with Crippen LogP contribution < -0.4 is 0 Å². The lowest BCUT2D eigenvalue weighted by Gasteiger charge is -2.23. The maximum atomic E-state index is 4.88. The van der Waals surface area contributed by atoms with E-state index in [1.807, 2.05) is 0 Å². The zero-order valence-electron chi connectivity index (χ0n) is 5.79. The Kier molecular flexibility index (Phi) is 1.42. The minimum atomic E-state index is 0.796. The van der Waals surface area contributed by atoms with Gasteiger partial charge in [-0.25, -0.2) is 0 Å². The molecule has 0 unspecified atom stereocenters. The first-order chi connectivity index (χ1) is 4.95. The Morgan fingerprint density at radius 1 is 1.60 bits per heavy atom. The van der Waals surface area contributed by atoms with Crippen molar-refractivity contribution in [2.75, 3.05) is 0 Å². The first-order valence-electron chi connectivity index (χ1n) is 3.71. The average Bonchev–Trinajstić information content (AvgIpc) is 2.29. The van der Waals surface area contributed by atoms with E-state index in [0.29, 0.717) is 0 Å². The van der Waals surface area contributed by atoms with Crippen molar-refractivity contribution in [1.82, 2.24) is 10.1 Å². The molecule has 0 N–H and O–H groups in total. The maximum Gasteiger partial charge on any atom is 0.226 e. The first-order valence-corrected chi connectivity index (χ1v) is 3.71. The third-order valence-corrected chi connectivity index (χ3v) is 2.09. The lowest BCUT2D eigenvalue weighted by Crippen LogP contribution is -2.13. The Morgan fingerprint density at radius 3 is 3.00 bits per heavy atom. The van der Waals surface area contributed by atoms with E-state index in [1.54, 1.807) is 0 Å². The van der Waals surface area contributed by atoms with Crippen molar-refractivity contribution in [3.05, 3.63) is 12.2 Å². The monoisotopic (exact) mass is 138 g/mol. The molecular weight excluding hydrogens is 128 g/mol. The lowest BCUT2D eigenvalue weighted by molar-refractivity contribution is 0.273. The average molecular weight is 138 g/mol. The summed E-state index contributed by atoms with van der Waals surface area (Å²) in [6.07, 6.45) is 6.50. The second kappa shape index (κ2) is 2.40. The number of hydrogen-bond acceptors (Lipinski definition) is 3. The van der Waals surface area contributed by atoms with Gasteiger partial charge in [-0.15, -0.1) is 0 Å². The van der Waals surface area contributed by atoms with E-state index in [9.17, 15) is 0 Å². The number of nitrogens with zero attached hydrogens (tertiary/aromatic N) is 2. The molecule has 10 heavy (non-hydrogen) atoms. The topological polar surface area (TPSA) is 38.9 Å². The van der Waals surface area contributed by atoms with Crippen LogP contribution in [0.2, 0.25) is 0 Å². The molecule has 1 aromatic heterocycles. The largest absolute Gasteiger partial charge is 0.340 e. The van der Waals surface area contributed by atoms with Crippen molar-refractivity contribution in [3.63, 3.8) is 0 Å². The summed E-state index contributed by atoms with van der Waals surface area (Å²) in [5.74, 6) is 1.62. The summed E-state index contributed by atoms with van der Waals surface area (Å²) in [7, 11) is 0. The van der Waals surface area contributed by atoms with E-state index in [2.05, 4.69) is 10.1 Å². The molecule has 1 heterocycles. The first kappa shape index (κ1) is 5.89. The molecule has 0 aliphatic heterocycles. The van der Waals surface area contributed by atoms with Crippen LogP contribution in [-0.2, 0) is 6.42 Å². The van der Waals surface area contributed by atoms with Crippen LogP contribution in [0, 0.1) is 5.92 Å². The molecule has 3 heteroatoms. The summed E-state index contributed by atoms with van der Waals surface area (Å²) in [6.45, 7) is 0. The Labute approximate surface area is 59.4 Å². The highest BCUT2D eigenvalue weighted by Gasteiger charge is 2.19. The number of aromatic nitrogens is 2. The van der Waals surface area contributed by atoms with Crippen molar-refractivity contribution in [2.45, 2.75) is 25.7 Å². The van der Waals surface area contributed by atoms with Crippen molar-refractivity contribution in [1.29, 1.82) is 0 Å². The van der Waals surface area contributed by atoms with E-state index >= 15 is 0 Å². The van der Waals surface area contributed by atoms with Crippen molar-refractivity contribution in [2.24, 2.45) is 5.92 Å². The molecule has 0 spiro atoms. The molecule has 1 aliphatic rings. The zero-order chi connectivity index (χ0) is 6.81. The smallest absolute Gasteiger partial charge is 0.226 e. The van der Waals surface area contributed by atoms with Crippen LogP contribution >= 0.6 is 0 Å². The molecule has 1 saturated carbocycles. The van der Waals surface area contributed by atoms with Gasteiger partial charge in [-0.1, -0.05) is 11.6 Å². The molecular formula is C7H10N2O. The van der Waals surface area contributed by atoms with Crippen LogP contribution in [0.15, 0.2) is 10.9 Å². The third-order valence-electron chi connectivity index (χ3n) is 2.09. The van der Waals surface area contributed by atoms with E-state index in [1.165, 1.54) is 25.6 Å². The van der Waals surface area contributed by atoms with Gasteiger partial charge in [-0.2, -0.15) is 4.98 Å². The van der Waals surface area contributed by atoms with E-state index in [-0.39, 0.29) is 0 Å². The van der Waals surface area contributed by atoms with Crippen LogP contribution in [0.5, 0.6) is 0 Å². The van der Waals surface area contributed by atoms with Gasteiger partial charge in [0.1, 0.15) is 0 Å². The second-order valence-corrected chi connectivity index (χ2v) is 2.84. The standard InChI is InChI=1S/C7H10N2O/c1-2-6(3-1)4-7-8-5-9-10-7/h5-6H,1-4H2. The molecule has 3 nitrogen and oxygen atoms in total. The minimum absolute atomic E-state index is 0.796. The predicted octanol–water partition coefficient (Wildman–Crippen LogP) is 1.41. The van der Waals surface area contributed by atoms with Crippen LogP contribution in [-0.4, -0.2) is 10.1 Å². The normalized spacial score (nSPS) is 18.8. The Hall–Kier alpha value is -0.860. The Bertz CT molecular complexity index is 191. The van der Waals surface area contributed by atoms with Crippen molar-refractivity contribution in [3.8, 4) is 0 Å². The van der Waals surface area contributed by atoms with Crippen molar-refractivity contribution < 1.29 is 4.52 Å². The Balaban J connectivity index is 1.90. The van der Waals surface area contributed by atoms with E-state index in [0.717, 1.165) is 18.2 Å². The fourth-order valence-electron chi connectivity index (χ4n) is 1.23. The van der Waals surface area contributed by atoms with Crippen LogP contribution in [0.4, 0.5) is 0 Å². The molecule has 0 radical (unpaired) electrons. The highest BCUT2D eigenvalue weighted by Crippen LogP contribution is 2.28. The highest BCUT2D eigenvalue weighted by atomic mass is 16.5. The van der Waals surface area contributed by atoms with Gasteiger partial charge >= 0.3 is 0 Å². The van der Waals surface area contributed by atoms with Gasteiger partial charge in [0.25, 0.3) is 0 Å². The fourth-order valence-corrected chi connectivity index (χ4v) is 1.23. The van der Waals surface area contributed by atoms with Gasteiger partial charge in [0, 0.05) is 6.42 Å². The molecule has 1 aromatic rings. The summed E-state index contributed by atoms with van der Waals surface area (Å²) >= 11 is 0. The fraction of sp³-hybridized carbons (Fsp3) is 0.714. The Morgan fingerprint density at radius 2 is 2.50 bits per heavy atom. The number of rotatable bonds is 2. The molecule has 0 saturated heterocycles. The number of hydrogen-bond donors (Lipinski definition) is 0.